The number of ether oxygens (including phenoxy) is 1. The lowest BCUT2D eigenvalue weighted by atomic mass is 10.1. The summed E-state index contributed by atoms with van der Waals surface area (Å²) in [5.74, 6) is 0.808. The third kappa shape index (κ3) is 7.70. The number of carbonyl (C=O) groups is 1. The first kappa shape index (κ1) is 17.7. The molecule has 1 aromatic rings. The molecule has 0 aliphatic carbocycles. The number of benzene rings is 1. The normalized spacial score (nSPS) is 10.5. The Hall–Kier alpha value is -1.26. The molecule has 0 heterocycles. The van der Waals surface area contributed by atoms with Gasteiger partial charge in [-0.05, 0) is 38.5 Å². The Kier molecular flexibility index (Phi) is 7.49. The quantitative estimate of drug-likeness (QED) is 0.839. The van der Waals surface area contributed by atoms with E-state index in [4.69, 9.17) is 10.5 Å². The molecular formula is C14H23ClN2O2. The van der Waals surface area contributed by atoms with Crippen LogP contribution in [0.25, 0.3) is 0 Å². The molecule has 0 aliphatic rings. The second-order valence-electron chi connectivity index (χ2n) is 5.02. The Bertz CT molecular complexity index is 385. The summed E-state index contributed by atoms with van der Waals surface area (Å²) in [5.41, 5.74) is 6.38. The van der Waals surface area contributed by atoms with Gasteiger partial charge in [-0.3, -0.25) is 4.79 Å². The fraction of sp³-hybridized carbons (Fsp3) is 0.500. The minimum Gasteiger partial charge on any atom is -0.494 e. The smallest absolute Gasteiger partial charge is 0.224 e. The van der Waals surface area contributed by atoms with Gasteiger partial charge in [-0.25, -0.2) is 0 Å². The van der Waals surface area contributed by atoms with Crippen LogP contribution in [0.1, 0.15) is 26.3 Å². The van der Waals surface area contributed by atoms with E-state index in [-0.39, 0.29) is 23.9 Å². The van der Waals surface area contributed by atoms with E-state index in [1.807, 2.05) is 45.0 Å². The minimum atomic E-state index is -0.380. The van der Waals surface area contributed by atoms with E-state index in [1.165, 1.54) is 0 Å². The maximum atomic E-state index is 11.7. The fourth-order valence-corrected chi connectivity index (χ4v) is 1.44. The van der Waals surface area contributed by atoms with Crippen LogP contribution in [0.5, 0.6) is 5.75 Å². The second kappa shape index (κ2) is 8.02. The monoisotopic (exact) mass is 286 g/mol. The molecule has 0 fully saturated rings. The van der Waals surface area contributed by atoms with Crippen molar-refractivity contribution in [2.24, 2.45) is 5.73 Å². The number of rotatable bonds is 6. The highest BCUT2D eigenvalue weighted by molar-refractivity contribution is 5.85. The molecule has 0 saturated carbocycles. The lowest BCUT2D eigenvalue weighted by Crippen LogP contribution is -2.45. The van der Waals surface area contributed by atoms with Crippen LogP contribution in [0, 0.1) is 0 Å². The first-order valence-corrected chi connectivity index (χ1v) is 6.18. The van der Waals surface area contributed by atoms with E-state index in [2.05, 4.69) is 5.32 Å². The Morgan fingerprint density at radius 2 is 1.89 bits per heavy atom. The number of halogens is 1. The second-order valence-corrected chi connectivity index (χ2v) is 5.02. The molecule has 1 aromatic carbocycles. The maximum Gasteiger partial charge on any atom is 0.224 e. The zero-order valence-electron chi connectivity index (χ0n) is 11.7. The Balaban J connectivity index is 0.00000324. The topological polar surface area (TPSA) is 64.3 Å². The summed E-state index contributed by atoms with van der Waals surface area (Å²) in [6.07, 6.45) is 0.364. The number of hydrogen-bond acceptors (Lipinski definition) is 3. The standard InChI is InChI=1S/C14H22N2O2.ClH/c1-4-18-12-7-5-11(6-8-12)9-13(17)16-10-14(2,3)15;/h5-8H,4,9-10,15H2,1-3H3,(H,16,17);1H. The van der Waals surface area contributed by atoms with Crippen molar-refractivity contribution < 1.29 is 9.53 Å². The van der Waals surface area contributed by atoms with Crippen LogP contribution in [-0.2, 0) is 11.2 Å². The summed E-state index contributed by atoms with van der Waals surface area (Å²) < 4.78 is 5.34. The summed E-state index contributed by atoms with van der Waals surface area (Å²) in [7, 11) is 0. The first-order chi connectivity index (χ1) is 8.40. The molecule has 4 nitrogen and oxygen atoms in total. The van der Waals surface area contributed by atoms with Gasteiger partial charge in [-0.1, -0.05) is 12.1 Å². The van der Waals surface area contributed by atoms with Crippen LogP contribution in [0.15, 0.2) is 24.3 Å². The van der Waals surface area contributed by atoms with Crippen molar-refractivity contribution in [3.8, 4) is 5.75 Å². The van der Waals surface area contributed by atoms with Crippen LogP contribution >= 0.6 is 12.4 Å². The molecule has 1 rings (SSSR count). The van der Waals surface area contributed by atoms with Gasteiger partial charge >= 0.3 is 0 Å². The summed E-state index contributed by atoms with van der Waals surface area (Å²) in [6.45, 7) is 6.82. The predicted octanol–water partition coefficient (Wildman–Crippen LogP) is 1.90. The van der Waals surface area contributed by atoms with Crippen molar-refractivity contribution in [1.82, 2.24) is 5.32 Å². The molecule has 0 radical (unpaired) electrons. The van der Waals surface area contributed by atoms with E-state index in [9.17, 15) is 4.79 Å². The van der Waals surface area contributed by atoms with Gasteiger partial charge in [0.05, 0.1) is 13.0 Å². The predicted molar refractivity (Wildman–Crippen MR) is 79.8 cm³/mol. The summed E-state index contributed by atoms with van der Waals surface area (Å²) >= 11 is 0. The van der Waals surface area contributed by atoms with E-state index in [0.717, 1.165) is 11.3 Å². The molecule has 0 aromatic heterocycles. The van der Waals surface area contributed by atoms with Crippen LogP contribution in [0.3, 0.4) is 0 Å². The minimum absolute atomic E-state index is 0. The van der Waals surface area contributed by atoms with Crippen molar-refractivity contribution in [3.05, 3.63) is 29.8 Å². The van der Waals surface area contributed by atoms with Gasteiger partial charge in [0.15, 0.2) is 0 Å². The highest BCUT2D eigenvalue weighted by Gasteiger charge is 2.12. The summed E-state index contributed by atoms with van der Waals surface area (Å²) in [6, 6.07) is 7.55. The van der Waals surface area contributed by atoms with Crippen molar-refractivity contribution in [2.45, 2.75) is 32.7 Å². The molecular weight excluding hydrogens is 264 g/mol. The van der Waals surface area contributed by atoms with Crippen LogP contribution in [0.4, 0.5) is 0 Å². The molecule has 5 heteroatoms. The molecule has 3 N–H and O–H groups in total. The van der Waals surface area contributed by atoms with E-state index in [0.29, 0.717) is 19.6 Å². The average Bonchev–Trinajstić information content (AvgIpc) is 2.29. The SMILES string of the molecule is CCOc1ccc(CC(=O)NCC(C)(C)N)cc1.Cl. The van der Waals surface area contributed by atoms with Crippen LogP contribution in [0.2, 0.25) is 0 Å². The van der Waals surface area contributed by atoms with Gasteiger partial charge in [0.1, 0.15) is 5.75 Å². The molecule has 0 bridgehead atoms. The molecule has 0 spiro atoms. The molecule has 108 valence electrons. The fourth-order valence-electron chi connectivity index (χ4n) is 1.44. The van der Waals surface area contributed by atoms with Crippen molar-refractivity contribution in [1.29, 1.82) is 0 Å². The van der Waals surface area contributed by atoms with Gasteiger partial charge in [0.2, 0.25) is 5.91 Å². The zero-order valence-corrected chi connectivity index (χ0v) is 12.5. The highest BCUT2D eigenvalue weighted by atomic mass is 35.5. The van der Waals surface area contributed by atoms with Crippen LogP contribution in [-0.4, -0.2) is 24.6 Å². The summed E-state index contributed by atoms with van der Waals surface area (Å²) in [4.78, 5) is 11.7. The van der Waals surface area contributed by atoms with Gasteiger partial charge in [-0.2, -0.15) is 0 Å². The van der Waals surface area contributed by atoms with E-state index < -0.39 is 0 Å². The van der Waals surface area contributed by atoms with Gasteiger partial charge in [0.25, 0.3) is 0 Å². The van der Waals surface area contributed by atoms with Gasteiger partial charge in [0, 0.05) is 12.1 Å². The number of nitrogens with two attached hydrogens (primary N) is 1. The molecule has 0 atom stereocenters. The Labute approximate surface area is 121 Å². The molecule has 0 saturated heterocycles. The number of carbonyl (C=O) groups excluding carboxylic acids is 1. The Morgan fingerprint density at radius 1 is 1.32 bits per heavy atom. The lowest BCUT2D eigenvalue weighted by Gasteiger charge is -2.18. The maximum absolute atomic E-state index is 11.7. The van der Waals surface area contributed by atoms with Crippen LogP contribution < -0.4 is 15.8 Å². The molecule has 19 heavy (non-hydrogen) atoms. The third-order valence-corrected chi connectivity index (χ3v) is 2.34. The largest absolute Gasteiger partial charge is 0.494 e. The summed E-state index contributed by atoms with van der Waals surface area (Å²) in [5, 5.41) is 2.82. The highest BCUT2D eigenvalue weighted by Crippen LogP contribution is 2.12. The molecule has 1 amide bonds. The van der Waals surface area contributed by atoms with Gasteiger partial charge in [-0.15, -0.1) is 12.4 Å². The van der Waals surface area contributed by atoms with Crippen molar-refractivity contribution in [3.63, 3.8) is 0 Å². The lowest BCUT2D eigenvalue weighted by molar-refractivity contribution is -0.120. The number of amides is 1. The number of nitrogens with one attached hydrogen (secondary N) is 1. The van der Waals surface area contributed by atoms with E-state index >= 15 is 0 Å². The third-order valence-electron chi connectivity index (χ3n) is 2.34. The average molecular weight is 287 g/mol. The zero-order chi connectivity index (χ0) is 13.6. The van der Waals surface area contributed by atoms with Crippen molar-refractivity contribution >= 4 is 18.3 Å². The molecule has 0 unspecified atom stereocenters. The van der Waals surface area contributed by atoms with E-state index in [1.54, 1.807) is 0 Å². The van der Waals surface area contributed by atoms with Crippen molar-refractivity contribution in [2.75, 3.05) is 13.2 Å². The molecule has 0 aliphatic heterocycles. The Morgan fingerprint density at radius 3 is 2.37 bits per heavy atom. The first-order valence-electron chi connectivity index (χ1n) is 6.18. The number of hydrogen-bond donors (Lipinski definition) is 2. The van der Waals surface area contributed by atoms with Gasteiger partial charge < -0.3 is 15.8 Å².